The Labute approximate surface area is 245 Å². The van der Waals surface area contributed by atoms with Crippen LogP contribution in [-0.2, 0) is 4.79 Å². The molecule has 3 aliphatic rings. The molecule has 0 heterocycles. The van der Waals surface area contributed by atoms with Crippen LogP contribution in [0.25, 0.3) is 0 Å². The van der Waals surface area contributed by atoms with Gasteiger partial charge in [0.2, 0.25) is 5.91 Å². The molecule has 4 atom stereocenters. The fourth-order valence-corrected chi connectivity index (χ4v) is 7.19. The molecular weight excluding hydrogens is 572 g/mol. The van der Waals surface area contributed by atoms with Crippen molar-refractivity contribution in [1.82, 2.24) is 0 Å². The molecule has 3 aliphatic carbocycles. The topological polar surface area (TPSA) is 78.8 Å². The Balaban J connectivity index is 1.49. The maximum absolute atomic E-state index is 14.5. The van der Waals surface area contributed by atoms with Crippen LogP contribution in [0.4, 0.5) is 37.7 Å². The number of ether oxygens (including phenoxy) is 1. The minimum Gasteiger partial charge on any atom is -0.435 e. The number of fused-ring (bicyclic) bond motifs is 3. The van der Waals surface area contributed by atoms with Gasteiger partial charge in [-0.25, -0.2) is 4.39 Å². The van der Waals surface area contributed by atoms with Crippen LogP contribution in [0.2, 0.25) is 0 Å². The molecule has 11 heteroatoms. The molecule has 4 N–H and O–H groups in total. The third-order valence-electron chi connectivity index (χ3n) is 9.14. The summed E-state index contributed by atoms with van der Waals surface area (Å²) in [5.41, 5.74) is 2.10. The van der Waals surface area contributed by atoms with Gasteiger partial charge in [0.25, 0.3) is 0 Å². The van der Waals surface area contributed by atoms with Crippen molar-refractivity contribution in [3.63, 3.8) is 0 Å². The van der Waals surface area contributed by atoms with Crippen LogP contribution >= 0.6 is 0 Å². The minimum atomic E-state index is -4.66. The summed E-state index contributed by atoms with van der Waals surface area (Å²) < 4.78 is 86.7. The highest BCUT2D eigenvalue weighted by molar-refractivity contribution is 5.94. The summed E-state index contributed by atoms with van der Waals surface area (Å²) in [4.78, 5) is 13.8. The van der Waals surface area contributed by atoms with Crippen molar-refractivity contribution >= 4 is 23.5 Å². The third-order valence-corrected chi connectivity index (χ3v) is 9.14. The molecule has 0 aliphatic heterocycles. The van der Waals surface area contributed by atoms with Gasteiger partial charge in [-0.2, -0.15) is 22.0 Å². The summed E-state index contributed by atoms with van der Waals surface area (Å²) in [6, 6.07) is 11.2. The van der Waals surface area contributed by atoms with Gasteiger partial charge >= 0.3 is 12.8 Å². The fourth-order valence-electron chi connectivity index (χ4n) is 7.19. The number of carbonyl (C=O) groups is 1. The van der Waals surface area contributed by atoms with Crippen molar-refractivity contribution in [1.29, 1.82) is 5.41 Å². The number of allylic oxidation sites excluding steroid dienone is 5. The van der Waals surface area contributed by atoms with Crippen LogP contribution in [0.1, 0.15) is 39.5 Å². The van der Waals surface area contributed by atoms with E-state index < -0.39 is 41.4 Å². The van der Waals surface area contributed by atoms with Crippen molar-refractivity contribution in [2.24, 2.45) is 22.7 Å². The maximum Gasteiger partial charge on any atom is 0.392 e. The van der Waals surface area contributed by atoms with Crippen LogP contribution in [-0.4, -0.2) is 24.9 Å². The molecule has 5 rings (SSSR count). The van der Waals surface area contributed by atoms with Crippen molar-refractivity contribution in [2.45, 2.75) is 52.3 Å². The van der Waals surface area contributed by atoms with E-state index in [0.29, 0.717) is 18.4 Å². The molecule has 1 fully saturated rings. The first kappa shape index (κ1) is 30.6. The van der Waals surface area contributed by atoms with Gasteiger partial charge in [-0.15, -0.1) is 0 Å². The van der Waals surface area contributed by atoms with Crippen molar-refractivity contribution < 1.29 is 41.2 Å². The minimum absolute atomic E-state index is 0.0547. The van der Waals surface area contributed by atoms with Crippen LogP contribution in [0, 0.1) is 33.9 Å². The summed E-state index contributed by atoms with van der Waals surface area (Å²) in [7, 11) is 0. The van der Waals surface area contributed by atoms with Crippen LogP contribution in [0.5, 0.6) is 5.75 Å². The first-order chi connectivity index (χ1) is 20.2. The predicted molar refractivity (Wildman–Crippen MR) is 149 cm³/mol. The normalized spacial score (nSPS) is 27.1. The number of alkyl halides is 5. The van der Waals surface area contributed by atoms with Crippen molar-refractivity contribution in [2.75, 3.05) is 5.32 Å². The summed E-state index contributed by atoms with van der Waals surface area (Å²) in [6.45, 7) is 0.557. The fraction of sp³-hybridized carbons (Fsp3) is 0.375. The summed E-state index contributed by atoms with van der Waals surface area (Å²) >= 11 is 0. The molecule has 0 bridgehead atoms. The van der Waals surface area contributed by atoms with Gasteiger partial charge in [0, 0.05) is 46.5 Å². The first-order valence-corrected chi connectivity index (χ1v) is 13.9. The Bertz CT molecular complexity index is 1510. The molecule has 0 saturated heterocycles. The van der Waals surface area contributed by atoms with E-state index in [1.54, 1.807) is 25.1 Å². The SMILES string of the molecule is C[C@]12CC(C=N)=C([NH2+]c3ccc(F)cc3)C=C1CC[C@@]1(C)C2=CC[C@@H](C(F)(F)F)[C@@H]1C(=O)Nc1cccc(OC(F)F)c1. The van der Waals surface area contributed by atoms with Crippen LogP contribution < -0.4 is 15.4 Å². The van der Waals surface area contributed by atoms with E-state index in [9.17, 15) is 31.1 Å². The molecular formula is C32H32F6N3O2+. The van der Waals surface area contributed by atoms with Gasteiger partial charge in [0.15, 0.2) is 0 Å². The highest BCUT2D eigenvalue weighted by Gasteiger charge is 2.61. The molecule has 1 amide bonds. The number of carbonyl (C=O) groups excluding carboxylic acids is 1. The van der Waals surface area contributed by atoms with Gasteiger partial charge in [-0.05, 0) is 56.0 Å². The first-order valence-electron chi connectivity index (χ1n) is 13.9. The van der Waals surface area contributed by atoms with Gasteiger partial charge in [0.1, 0.15) is 23.0 Å². The number of nitrogens with one attached hydrogen (secondary N) is 2. The Morgan fingerprint density at radius 3 is 2.53 bits per heavy atom. The average molecular weight is 605 g/mol. The van der Waals surface area contributed by atoms with E-state index in [0.717, 1.165) is 28.6 Å². The Hall–Kier alpha value is -3.86. The van der Waals surface area contributed by atoms with Crippen molar-refractivity contribution in [3.05, 3.63) is 88.9 Å². The number of nitrogens with two attached hydrogens (primary N) is 1. The summed E-state index contributed by atoms with van der Waals surface area (Å²) in [5.74, 6) is -4.86. The number of halogens is 6. The van der Waals surface area contributed by atoms with Crippen LogP contribution in [0.3, 0.4) is 0 Å². The van der Waals surface area contributed by atoms with Crippen molar-refractivity contribution in [3.8, 4) is 5.75 Å². The zero-order chi connectivity index (χ0) is 31.2. The quantitative estimate of drug-likeness (QED) is 0.133. The zero-order valence-corrected chi connectivity index (χ0v) is 23.6. The number of hydrogen-bond donors (Lipinski definition) is 3. The van der Waals surface area contributed by atoms with E-state index in [2.05, 4.69) is 10.1 Å². The highest BCUT2D eigenvalue weighted by Crippen LogP contribution is 2.64. The number of benzene rings is 2. The monoisotopic (exact) mass is 604 g/mol. The number of hydrogen-bond acceptors (Lipinski definition) is 3. The number of rotatable bonds is 7. The lowest BCUT2D eigenvalue weighted by Crippen LogP contribution is -2.76. The van der Waals surface area contributed by atoms with E-state index in [1.165, 1.54) is 36.5 Å². The van der Waals surface area contributed by atoms with E-state index in [4.69, 9.17) is 5.41 Å². The van der Waals surface area contributed by atoms with Gasteiger partial charge < -0.3 is 15.5 Å². The van der Waals surface area contributed by atoms with Gasteiger partial charge in [-0.1, -0.05) is 37.1 Å². The Morgan fingerprint density at radius 1 is 1.16 bits per heavy atom. The smallest absolute Gasteiger partial charge is 0.392 e. The number of amides is 1. The molecule has 0 spiro atoms. The lowest BCUT2D eigenvalue weighted by molar-refractivity contribution is -0.513. The van der Waals surface area contributed by atoms with E-state index in [-0.39, 0.29) is 30.1 Å². The second kappa shape index (κ2) is 11.3. The summed E-state index contributed by atoms with van der Waals surface area (Å²) in [5, 5.41) is 12.5. The highest BCUT2D eigenvalue weighted by atomic mass is 19.4. The Morgan fingerprint density at radius 2 is 1.88 bits per heavy atom. The second-order valence-electron chi connectivity index (χ2n) is 11.8. The third kappa shape index (κ3) is 5.87. The molecule has 0 aromatic heterocycles. The lowest BCUT2D eigenvalue weighted by Gasteiger charge is -2.56. The Kier molecular flexibility index (Phi) is 8.06. The molecule has 0 unspecified atom stereocenters. The van der Waals surface area contributed by atoms with E-state index in [1.807, 2.05) is 18.3 Å². The van der Waals surface area contributed by atoms with Gasteiger partial charge in [0.05, 0.1) is 11.8 Å². The number of quaternary nitrogens is 1. The van der Waals surface area contributed by atoms with E-state index >= 15 is 0 Å². The average Bonchev–Trinajstić information content (AvgIpc) is 2.92. The molecule has 43 heavy (non-hydrogen) atoms. The van der Waals surface area contributed by atoms with Crippen LogP contribution in [0.15, 0.2) is 83.1 Å². The number of anilines is 1. The largest absolute Gasteiger partial charge is 0.435 e. The lowest BCUT2D eigenvalue weighted by atomic mass is 9.47. The standard InChI is InChI=1S/C32H31F6N3O2/c1-30-13-12-19-14-25(40-21-8-6-20(33)7-9-21)18(17-39)16-31(19,2)26(30)11-10-24(32(36,37)38)27(30)28(42)41-22-4-3-5-23(15-22)43-29(34)35/h3-9,11,14-15,17,24,27,29,39-40H,10,12-13,16H2,1-2H3,(H,41,42)/p+1/t24-,27-,30+,31+/m1/s1. The molecule has 0 radical (unpaired) electrons. The zero-order valence-electron chi connectivity index (χ0n) is 23.6. The molecule has 2 aromatic rings. The molecule has 2 aromatic carbocycles. The predicted octanol–water partition coefficient (Wildman–Crippen LogP) is 7.43. The molecule has 1 saturated carbocycles. The molecule has 5 nitrogen and oxygen atoms in total. The van der Waals surface area contributed by atoms with Gasteiger partial charge in [-0.3, -0.25) is 10.1 Å². The molecule has 228 valence electrons. The maximum atomic E-state index is 14.5. The second-order valence-corrected chi connectivity index (χ2v) is 11.8. The summed E-state index contributed by atoms with van der Waals surface area (Å²) in [6.07, 6.45) is 0.854.